The van der Waals surface area contributed by atoms with Gasteiger partial charge < -0.3 is 19.7 Å². The highest BCUT2D eigenvalue weighted by Gasteiger charge is 2.14. The Bertz CT molecular complexity index is 675. The number of aliphatic imine (C=N–C) groups is 1. The summed E-state index contributed by atoms with van der Waals surface area (Å²) in [5, 5.41) is 3.42. The summed E-state index contributed by atoms with van der Waals surface area (Å²) in [6, 6.07) is 15.2. The van der Waals surface area contributed by atoms with Crippen LogP contribution >= 0.6 is 0 Å². The zero-order valence-corrected chi connectivity index (χ0v) is 16.8. The number of guanidine groups is 1. The number of nitrogens with one attached hydrogen (secondary N) is 1. The van der Waals surface area contributed by atoms with E-state index < -0.39 is 0 Å². The van der Waals surface area contributed by atoms with Crippen LogP contribution in [0.15, 0.2) is 53.7 Å². The lowest BCUT2D eigenvalue weighted by Gasteiger charge is -2.26. The normalized spacial score (nSPS) is 13.1. The van der Waals surface area contributed by atoms with Crippen LogP contribution < -0.4 is 5.32 Å². The molecule has 0 radical (unpaired) electrons. The Morgan fingerprint density at radius 3 is 2.42 bits per heavy atom. The Morgan fingerprint density at radius 2 is 1.85 bits per heavy atom. The third-order valence-corrected chi connectivity index (χ3v) is 4.64. The molecule has 1 aromatic heterocycles. The van der Waals surface area contributed by atoms with Crippen LogP contribution in [0.2, 0.25) is 0 Å². The van der Waals surface area contributed by atoms with E-state index in [0.29, 0.717) is 6.04 Å². The molecule has 0 saturated heterocycles. The van der Waals surface area contributed by atoms with Gasteiger partial charge in [-0.3, -0.25) is 4.99 Å². The van der Waals surface area contributed by atoms with E-state index >= 15 is 0 Å². The standard InChI is InChI=1S/C21H33N5/c1-6-22-21(26(5)17-19-13-10-14-25(19)4)23-16-20(24(2)3)15-18-11-8-7-9-12-18/h7-14,20H,6,15-17H2,1-5H3,(H,22,23). The first kappa shape index (κ1) is 20.0. The van der Waals surface area contributed by atoms with E-state index in [9.17, 15) is 0 Å². The fourth-order valence-corrected chi connectivity index (χ4v) is 2.94. The van der Waals surface area contributed by atoms with Crippen molar-refractivity contribution >= 4 is 5.96 Å². The van der Waals surface area contributed by atoms with Gasteiger partial charge in [0.05, 0.1) is 13.1 Å². The van der Waals surface area contributed by atoms with E-state index in [0.717, 1.165) is 32.0 Å². The van der Waals surface area contributed by atoms with Crippen molar-refractivity contribution in [2.75, 3.05) is 34.2 Å². The SMILES string of the molecule is CCNC(=NCC(Cc1ccccc1)N(C)C)N(C)Cc1cccn1C. The van der Waals surface area contributed by atoms with Gasteiger partial charge in [-0.1, -0.05) is 30.3 Å². The monoisotopic (exact) mass is 355 g/mol. The predicted molar refractivity (Wildman–Crippen MR) is 110 cm³/mol. The van der Waals surface area contributed by atoms with Gasteiger partial charge in [-0.05, 0) is 45.1 Å². The fraction of sp³-hybridized carbons (Fsp3) is 0.476. The minimum absolute atomic E-state index is 0.370. The Morgan fingerprint density at radius 1 is 1.12 bits per heavy atom. The number of hydrogen-bond donors (Lipinski definition) is 1. The molecule has 0 saturated carbocycles. The Balaban J connectivity index is 2.06. The lowest BCUT2D eigenvalue weighted by atomic mass is 10.1. The third-order valence-electron chi connectivity index (χ3n) is 4.64. The molecule has 0 bridgehead atoms. The fourth-order valence-electron chi connectivity index (χ4n) is 2.94. The van der Waals surface area contributed by atoms with Crippen LogP contribution in [0.3, 0.4) is 0 Å². The van der Waals surface area contributed by atoms with Crippen LogP contribution in [-0.2, 0) is 20.0 Å². The number of benzene rings is 1. The minimum atomic E-state index is 0.370. The van der Waals surface area contributed by atoms with E-state index in [1.807, 2.05) is 0 Å². The van der Waals surface area contributed by atoms with Gasteiger partial charge in [0.1, 0.15) is 0 Å². The van der Waals surface area contributed by atoms with Gasteiger partial charge in [0.15, 0.2) is 5.96 Å². The molecule has 26 heavy (non-hydrogen) atoms. The molecule has 0 spiro atoms. The Hall–Kier alpha value is -2.27. The van der Waals surface area contributed by atoms with Crippen molar-refractivity contribution in [3.63, 3.8) is 0 Å². The maximum Gasteiger partial charge on any atom is 0.194 e. The van der Waals surface area contributed by atoms with Crippen LogP contribution in [-0.4, -0.2) is 60.6 Å². The Labute approximate surface area is 158 Å². The number of aryl methyl sites for hydroxylation is 1. The summed E-state index contributed by atoms with van der Waals surface area (Å²) in [7, 11) is 8.43. The van der Waals surface area contributed by atoms with E-state index in [1.165, 1.54) is 11.3 Å². The summed E-state index contributed by atoms with van der Waals surface area (Å²) in [5.74, 6) is 0.952. The molecule has 5 heteroatoms. The maximum absolute atomic E-state index is 4.92. The number of aromatic nitrogens is 1. The van der Waals surface area contributed by atoms with Crippen LogP contribution in [0, 0.1) is 0 Å². The molecule has 2 rings (SSSR count). The summed E-state index contributed by atoms with van der Waals surface area (Å²) in [6.45, 7) is 4.57. The van der Waals surface area contributed by atoms with E-state index in [4.69, 9.17) is 4.99 Å². The van der Waals surface area contributed by atoms with Crippen LogP contribution in [0.5, 0.6) is 0 Å². The average molecular weight is 356 g/mol. The summed E-state index contributed by atoms with van der Waals surface area (Å²) in [4.78, 5) is 9.37. The molecule has 1 unspecified atom stereocenters. The van der Waals surface area contributed by atoms with Gasteiger partial charge in [-0.25, -0.2) is 0 Å². The zero-order valence-electron chi connectivity index (χ0n) is 16.8. The second-order valence-corrected chi connectivity index (χ2v) is 6.97. The molecule has 142 valence electrons. The molecule has 2 aromatic rings. The second kappa shape index (κ2) is 10.0. The number of nitrogens with zero attached hydrogens (tertiary/aromatic N) is 4. The van der Waals surface area contributed by atoms with Crippen molar-refractivity contribution in [2.24, 2.45) is 12.0 Å². The van der Waals surface area contributed by atoms with Crippen LogP contribution in [0.4, 0.5) is 0 Å². The number of hydrogen-bond acceptors (Lipinski definition) is 2. The van der Waals surface area contributed by atoms with E-state index in [-0.39, 0.29) is 0 Å². The molecule has 1 N–H and O–H groups in total. The summed E-state index contributed by atoms with van der Waals surface area (Å²) in [6.07, 6.45) is 3.08. The molecule has 1 aromatic carbocycles. The molecule has 0 aliphatic carbocycles. The molecule has 0 fully saturated rings. The van der Waals surface area contributed by atoms with Gasteiger partial charge in [-0.15, -0.1) is 0 Å². The van der Waals surface area contributed by atoms with Crippen molar-refractivity contribution < 1.29 is 0 Å². The average Bonchev–Trinajstić information content (AvgIpc) is 3.02. The minimum Gasteiger partial charge on any atom is -0.357 e. The molecular weight excluding hydrogens is 322 g/mol. The van der Waals surface area contributed by atoms with Crippen LogP contribution in [0.25, 0.3) is 0 Å². The van der Waals surface area contributed by atoms with E-state index in [1.54, 1.807) is 0 Å². The topological polar surface area (TPSA) is 35.8 Å². The van der Waals surface area contributed by atoms with Crippen molar-refractivity contribution in [3.05, 3.63) is 59.9 Å². The lowest BCUT2D eigenvalue weighted by molar-refractivity contribution is 0.297. The lowest BCUT2D eigenvalue weighted by Crippen LogP contribution is -2.40. The largest absolute Gasteiger partial charge is 0.357 e. The van der Waals surface area contributed by atoms with Crippen molar-refractivity contribution in [1.82, 2.24) is 19.7 Å². The van der Waals surface area contributed by atoms with E-state index in [2.05, 4.69) is 103 Å². The smallest absolute Gasteiger partial charge is 0.194 e. The molecule has 0 amide bonds. The highest BCUT2D eigenvalue weighted by molar-refractivity contribution is 5.79. The van der Waals surface area contributed by atoms with Gasteiger partial charge >= 0.3 is 0 Å². The summed E-state index contributed by atoms with van der Waals surface area (Å²) in [5.41, 5.74) is 2.62. The molecule has 0 aliphatic rings. The second-order valence-electron chi connectivity index (χ2n) is 6.97. The molecular formula is C21H33N5. The van der Waals surface area contributed by atoms with Gasteiger partial charge in [0.2, 0.25) is 0 Å². The molecule has 1 heterocycles. The van der Waals surface area contributed by atoms with Crippen molar-refractivity contribution in [3.8, 4) is 0 Å². The maximum atomic E-state index is 4.92. The number of likely N-dealkylation sites (N-methyl/N-ethyl adjacent to an activating group) is 1. The van der Waals surface area contributed by atoms with Crippen molar-refractivity contribution in [1.29, 1.82) is 0 Å². The summed E-state index contributed by atoms with van der Waals surface area (Å²) < 4.78 is 2.15. The third kappa shape index (κ3) is 5.92. The zero-order chi connectivity index (χ0) is 18.9. The first-order valence-corrected chi connectivity index (χ1v) is 9.31. The Kier molecular flexibility index (Phi) is 7.73. The molecule has 0 aliphatic heterocycles. The number of rotatable bonds is 8. The predicted octanol–water partition coefficient (Wildman–Crippen LogP) is 2.60. The van der Waals surface area contributed by atoms with Gasteiger partial charge in [0, 0.05) is 38.6 Å². The molecule has 1 atom stereocenters. The van der Waals surface area contributed by atoms with Crippen LogP contribution in [0.1, 0.15) is 18.2 Å². The quantitative estimate of drug-likeness (QED) is 0.584. The highest BCUT2D eigenvalue weighted by Crippen LogP contribution is 2.08. The molecule has 5 nitrogen and oxygen atoms in total. The van der Waals surface area contributed by atoms with Gasteiger partial charge in [0.25, 0.3) is 0 Å². The summed E-state index contributed by atoms with van der Waals surface area (Å²) >= 11 is 0. The highest BCUT2D eigenvalue weighted by atomic mass is 15.3. The first-order valence-electron chi connectivity index (χ1n) is 9.31. The van der Waals surface area contributed by atoms with Gasteiger partial charge in [-0.2, -0.15) is 0 Å². The van der Waals surface area contributed by atoms with Crippen molar-refractivity contribution in [2.45, 2.75) is 25.9 Å². The first-order chi connectivity index (χ1) is 12.5.